The average Bonchev–Trinajstić information content (AvgIpc) is 2.29. The summed E-state index contributed by atoms with van der Waals surface area (Å²) in [5.74, 6) is -0.0656. The highest BCUT2D eigenvalue weighted by Gasteiger charge is 2.18. The fraction of sp³-hybridized carbons (Fsp3) is 0.429. The standard InChI is InChI=1S/C14H18N2O3/c1-9(2)19-13-8-6-5-7-12(13)15-16-14(10(3)17)11(4)18/h5-9,14H,1-4H3. The summed E-state index contributed by atoms with van der Waals surface area (Å²) in [4.78, 5) is 22.5. The summed E-state index contributed by atoms with van der Waals surface area (Å²) >= 11 is 0. The first-order valence-electron chi connectivity index (χ1n) is 6.09. The van der Waals surface area contributed by atoms with Crippen LogP contribution in [0.2, 0.25) is 0 Å². The Morgan fingerprint density at radius 2 is 1.68 bits per heavy atom. The topological polar surface area (TPSA) is 68.1 Å². The molecule has 0 saturated heterocycles. The third-order valence-corrected chi connectivity index (χ3v) is 2.28. The number of benzene rings is 1. The molecule has 19 heavy (non-hydrogen) atoms. The molecule has 0 fully saturated rings. The van der Waals surface area contributed by atoms with E-state index in [1.54, 1.807) is 18.2 Å². The lowest BCUT2D eigenvalue weighted by Gasteiger charge is -2.11. The van der Waals surface area contributed by atoms with E-state index in [4.69, 9.17) is 4.74 Å². The maximum atomic E-state index is 11.3. The van der Waals surface area contributed by atoms with Crippen molar-refractivity contribution in [1.29, 1.82) is 0 Å². The van der Waals surface area contributed by atoms with Crippen molar-refractivity contribution in [3.8, 4) is 5.75 Å². The van der Waals surface area contributed by atoms with Gasteiger partial charge in [0.1, 0.15) is 11.4 Å². The second-order valence-corrected chi connectivity index (χ2v) is 4.47. The van der Waals surface area contributed by atoms with Crippen LogP contribution in [-0.2, 0) is 9.59 Å². The van der Waals surface area contributed by atoms with Crippen LogP contribution in [0, 0.1) is 0 Å². The lowest BCUT2D eigenvalue weighted by molar-refractivity contribution is -0.126. The van der Waals surface area contributed by atoms with Gasteiger partial charge in [-0.25, -0.2) is 0 Å². The summed E-state index contributed by atoms with van der Waals surface area (Å²) in [6.45, 7) is 6.45. The van der Waals surface area contributed by atoms with E-state index in [1.807, 2.05) is 19.9 Å². The zero-order chi connectivity index (χ0) is 14.4. The zero-order valence-corrected chi connectivity index (χ0v) is 11.6. The van der Waals surface area contributed by atoms with Crippen molar-refractivity contribution in [2.24, 2.45) is 10.2 Å². The minimum Gasteiger partial charge on any atom is -0.489 e. The Morgan fingerprint density at radius 1 is 1.11 bits per heavy atom. The average molecular weight is 262 g/mol. The molecule has 0 atom stereocenters. The first kappa shape index (κ1) is 15.0. The SMILES string of the molecule is CC(=O)C(N=Nc1ccccc1OC(C)C)C(C)=O. The Balaban J connectivity index is 2.98. The summed E-state index contributed by atoms with van der Waals surface area (Å²) in [5.41, 5.74) is 0.503. The molecule has 1 rings (SSSR count). The van der Waals surface area contributed by atoms with Crippen LogP contribution >= 0.6 is 0 Å². The molecule has 0 spiro atoms. The maximum absolute atomic E-state index is 11.3. The highest BCUT2D eigenvalue weighted by Crippen LogP contribution is 2.28. The normalized spacial score (nSPS) is 11.3. The Labute approximate surface area is 112 Å². The molecule has 0 unspecified atom stereocenters. The Morgan fingerprint density at radius 3 is 2.21 bits per heavy atom. The molecule has 0 heterocycles. The number of para-hydroxylation sites is 1. The minimum atomic E-state index is -1.04. The summed E-state index contributed by atoms with van der Waals surface area (Å²) in [7, 11) is 0. The van der Waals surface area contributed by atoms with Gasteiger partial charge in [-0.2, -0.15) is 10.2 Å². The van der Waals surface area contributed by atoms with E-state index in [-0.39, 0.29) is 17.7 Å². The van der Waals surface area contributed by atoms with E-state index in [0.29, 0.717) is 11.4 Å². The molecule has 5 heteroatoms. The van der Waals surface area contributed by atoms with E-state index < -0.39 is 6.04 Å². The van der Waals surface area contributed by atoms with Crippen LogP contribution in [0.1, 0.15) is 27.7 Å². The maximum Gasteiger partial charge on any atom is 0.187 e. The highest BCUT2D eigenvalue weighted by molar-refractivity contribution is 6.04. The molecule has 102 valence electrons. The number of ketones is 2. The van der Waals surface area contributed by atoms with Gasteiger partial charge in [0.05, 0.1) is 6.10 Å². The predicted molar refractivity (Wildman–Crippen MR) is 71.9 cm³/mol. The summed E-state index contributed by atoms with van der Waals surface area (Å²) < 4.78 is 5.57. The summed E-state index contributed by atoms with van der Waals surface area (Å²) in [6.07, 6.45) is 0.00719. The number of ether oxygens (including phenoxy) is 1. The smallest absolute Gasteiger partial charge is 0.187 e. The molecule has 0 aliphatic heterocycles. The molecule has 0 saturated carbocycles. The zero-order valence-electron chi connectivity index (χ0n) is 11.6. The van der Waals surface area contributed by atoms with Gasteiger partial charge in [-0.3, -0.25) is 9.59 Å². The quantitative estimate of drug-likeness (QED) is 0.584. The van der Waals surface area contributed by atoms with E-state index in [0.717, 1.165) is 0 Å². The number of Topliss-reactive ketones (excluding diaryl/α,β-unsaturated/α-hetero) is 2. The number of azo groups is 1. The van der Waals surface area contributed by atoms with Gasteiger partial charge in [0.25, 0.3) is 0 Å². The fourth-order valence-corrected chi connectivity index (χ4v) is 1.46. The van der Waals surface area contributed by atoms with Crippen LogP contribution in [0.15, 0.2) is 34.5 Å². The molecular weight excluding hydrogens is 244 g/mol. The molecule has 0 aliphatic carbocycles. The van der Waals surface area contributed by atoms with Gasteiger partial charge >= 0.3 is 0 Å². The van der Waals surface area contributed by atoms with Gasteiger partial charge in [-0.15, -0.1) is 0 Å². The van der Waals surface area contributed by atoms with Gasteiger partial charge in [-0.05, 0) is 39.8 Å². The minimum absolute atomic E-state index is 0.00719. The number of rotatable bonds is 6. The predicted octanol–water partition coefficient (Wildman–Crippen LogP) is 3.10. The first-order valence-corrected chi connectivity index (χ1v) is 6.09. The summed E-state index contributed by atoms with van der Waals surface area (Å²) in [6, 6.07) is 6.07. The van der Waals surface area contributed by atoms with Crippen molar-refractivity contribution in [1.82, 2.24) is 0 Å². The van der Waals surface area contributed by atoms with Crippen molar-refractivity contribution < 1.29 is 14.3 Å². The molecule has 0 aromatic heterocycles. The van der Waals surface area contributed by atoms with Crippen LogP contribution < -0.4 is 4.74 Å². The molecule has 0 bridgehead atoms. The van der Waals surface area contributed by atoms with Crippen molar-refractivity contribution in [2.45, 2.75) is 39.8 Å². The van der Waals surface area contributed by atoms with Crippen molar-refractivity contribution in [3.05, 3.63) is 24.3 Å². The van der Waals surface area contributed by atoms with Crippen molar-refractivity contribution in [3.63, 3.8) is 0 Å². The number of nitrogens with zero attached hydrogens (tertiary/aromatic N) is 2. The Kier molecular flexibility index (Phi) is 5.36. The monoisotopic (exact) mass is 262 g/mol. The fourth-order valence-electron chi connectivity index (χ4n) is 1.46. The lowest BCUT2D eigenvalue weighted by atomic mass is 10.1. The first-order chi connectivity index (χ1) is 8.91. The van der Waals surface area contributed by atoms with Crippen molar-refractivity contribution >= 4 is 17.3 Å². The number of hydrogen-bond acceptors (Lipinski definition) is 5. The largest absolute Gasteiger partial charge is 0.489 e. The summed E-state index contributed by atoms with van der Waals surface area (Å²) in [5, 5.41) is 7.77. The third kappa shape index (κ3) is 4.62. The van der Waals surface area contributed by atoms with Gasteiger partial charge in [0, 0.05) is 0 Å². The van der Waals surface area contributed by atoms with Crippen LogP contribution in [0.4, 0.5) is 5.69 Å². The van der Waals surface area contributed by atoms with E-state index in [1.165, 1.54) is 13.8 Å². The van der Waals surface area contributed by atoms with Crippen molar-refractivity contribution in [2.75, 3.05) is 0 Å². The molecule has 5 nitrogen and oxygen atoms in total. The molecule has 1 aromatic rings. The molecule has 0 aliphatic rings. The van der Waals surface area contributed by atoms with Gasteiger partial charge in [0.15, 0.2) is 17.6 Å². The molecule has 0 amide bonds. The number of carbonyl (C=O) groups is 2. The number of carbonyl (C=O) groups excluding carboxylic acids is 2. The van der Waals surface area contributed by atoms with E-state index in [9.17, 15) is 9.59 Å². The van der Waals surface area contributed by atoms with E-state index in [2.05, 4.69) is 10.2 Å². The van der Waals surface area contributed by atoms with Gasteiger partial charge in [-0.1, -0.05) is 12.1 Å². The third-order valence-electron chi connectivity index (χ3n) is 2.28. The van der Waals surface area contributed by atoms with Crippen LogP contribution in [0.5, 0.6) is 5.75 Å². The van der Waals surface area contributed by atoms with Gasteiger partial charge in [0.2, 0.25) is 0 Å². The Hall–Kier alpha value is -2.04. The molecule has 0 radical (unpaired) electrons. The molecular formula is C14H18N2O3. The van der Waals surface area contributed by atoms with Crippen LogP contribution in [-0.4, -0.2) is 23.7 Å². The number of hydrogen-bond donors (Lipinski definition) is 0. The second kappa shape index (κ2) is 6.78. The highest BCUT2D eigenvalue weighted by atomic mass is 16.5. The second-order valence-electron chi connectivity index (χ2n) is 4.47. The van der Waals surface area contributed by atoms with Crippen LogP contribution in [0.25, 0.3) is 0 Å². The van der Waals surface area contributed by atoms with E-state index >= 15 is 0 Å². The van der Waals surface area contributed by atoms with Crippen LogP contribution in [0.3, 0.4) is 0 Å². The molecule has 1 aromatic carbocycles. The molecule has 0 N–H and O–H groups in total. The lowest BCUT2D eigenvalue weighted by Crippen LogP contribution is -2.23. The van der Waals surface area contributed by atoms with Gasteiger partial charge < -0.3 is 4.74 Å². The Bertz CT molecular complexity index is 481.